The van der Waals surface area contributed by atoms with Gasteiger partial charge >= 0.3 is 6.18 Å². The fourth-order valence-corrected chi connectivity index (χ4v) is 1.86. The third-order valence-electron chi connectivity index (χ3n) is 2.51. The molecule has 8 heteroatoms. The third kappa shape index (κ3) is 4.33. The Balaban J connectivity index is 2.31. The van der Waals surface area contributed by atoms with Gasteiger partial charge in [0, 0.05) is 16.4 Å². The normalized spacial score (nSPS) is 11.6. The second-order valence-corrected chi connectivity index (χ2v) is 5.62. The number of nitrogens with one attached hydrogen (secondary N) is 1. The highest BCUT2D eigenvalue weighted by Gasteiger charge is 2.36. The van der Waals surface area contributed by atoms with Gasteiger partial charge in [-0.3, -0.25) is 0 Å². The van der Waals surface area contributed by atoms with Crippen LogP contribution in [0.5, 0.6) is 5.88 Å². The number of rotatable bonds is 4. The van der Waals surface area contributed by atoms with Gasteiger partial charge in [-0.25, -0.2) is 4.98 Å². The monoisotopic (exact) mass is 375 g/mol. The summed E-state index contributed by atoms with van der Waals surface area (Å²) < 4.78 is 44.8. The highest BCUT2D eigenvalue weighted by Crippen LogP contribution is 2.35. The number of hydrogen-bond donors (Lipinski definition) is 1. The highest BCUT2D eigenvalue weighted by atomic mass is 79.9. The van der Waals surface area contributed by atoms with Gasteiger partial charge in [0.15, 0.2) is 0 Å². The minimum absolute atomic E-state index is 0.0333. The smallest absolute Gasteiger partial charge is 0.423 e. The number of ether oxygens (including phenoxy) is 1. The van der Waals surface area contributed by atoms with Crippen molar-refractivity contribution in [1.29, 1.82) is 0 Å². The van der Waals surface area contributed by atoms with Gasteiger partial charge in [-0.05, 0) is 38.1 Å². The van der Waals surface area contributed by atoms with Crippen LogP contribution in [0, 0.1) is 0 Å². The van der Waals surface area contributed by atoms with E-state index in [2.05, 4.69) is 31.2 Å². The van der Waals surface area contributed by atoms with Gasteiger partial charge in [0.25, 0.3) is 0 Å². The van der Waals surface area contributed by atoms with E-state index in [0.717, 1.165) is 4.47 Å². The Morgan fingerprint density at radius 2 is 1.82 bits per heavy atom. The Morgan fingerprint density at radius 3 is 2.36 bits per heavy atom. The van der Waals surface area contributed by atoms with Crippen molar-refractivity contribution in [3.05, 3.63) is 40.5 Å². The maximum absolute atomic E-state index is 12.9. The maximum Gasteiger partial charge on any atom is 0.423 e. The summed E-state index contributed by atoms with van der Waals surface area (Å²) in [5.74, 6) is -0.455. The summed E-state index contributed by atoms with van der Waals surface area (Å²) in [4.78, 5) is 7.52. The molecule has 1 heterocycles. The van der Waals surface area contributed by atoms with Crippen LogP contribution in [0.2, 0.25) is 0 Å². The average molecular weight is 376 g/mol. The molecule has 0 saturated carbocycles. The van der Waals surface area contributed by atoms with Gasteiger partial charge in [-0.1, -0.05) is 15.9 Å². The summed E-state index contributed by atoms with van der Waals surface area (Å²) in [6.45, 7) is 3.26. The lowest BCUT2D eigenvalue weighted by Crippen LogP contribution is -2.15. The van der Waals surface area contributed by atoms with Crippen molar-refractivity contribution >= 4 is 27.6 Å². The van der Waals surface area contributed by atoms with Gasteiger partial charge in [0.05, 0.1) is 6.10 Å². The average Bonchev–Trinajstić information content (AvgIpc) is 2.39. The maximum atomic E-state index is 12.9. The first-order valence-corrected chi connectivity index (χ1v) is 7.18. The second-order valence-electron chi connectivity index (χ2n) is 4.71. The predicted molar refractivity (Wildman–Crippen MR) is 80.2 cm³/mol. The lowest BCUT2D eigenvalue weighted by molar-refractivity contribution is -0.139. The molecule has 0 spiro atoms. The van der Waals surface area contributed by atoms with E-state index in [-0.39, 0.29) is 5.95 Å². The molecule has 0 fully saturated rings. The largest absolute Gasteiger partial charge is 0.474 e. The lowest BCUT2D eigenvalue weighted by atomic mass is 10.3. The molecule has 0 atom stereocenters. The van der Waals surface area contributed by atoms with Gasteiger partial charge in [-0.2, -0.15) is 18.2 Å². The summed E-state index contributed by atoms with van der Waals surface area (Å²) in [5.41, 5.74) is -0.346. The van der Waals surface area contributed by atoms with Crippen molar-refractivity contribution in [2.45, 2.75) is 26.1 Å². The summed E-state index contributed by atoms with van der Waals surface area (Å²) >= 11 is 3.30. The number of aromatic nitrogens is 2. The van der Waals surface area contributed by atoms with E-state index in [1.54, 1.807) is 38.1 Å². The lowest BCUT2D eigenvalue weighted by Gasteiger charge is -2.15. The molecule has 0 saturated heterocycles. The number of alkyl halides is 3. The summed E-state index contributed by atoms with van der Waals surface area (Å²) in [6, 6.07) is 7.07. The topological polar surface area (TPSA) is 47.0 Å². The van der Waals surface area contributed by atoms with Crippen LogP contribution in [0.25, 0.3) is 0 Å². The predicted octanol–water partition coefficient (Wildman–Crippen LogP) is 4.79. The molecule has 1 aromatic carbocycles. The summed E-state index contributed by atoms with van der Waals surface area (Å²) in [5, 5.41) is 2.83. The molecular formula is C14H13BrF3N3O. The van der Waals surface area contributed by atoms with Crippen LogP contribution in [0.3, 0.4) is 0 Å². The molecule has 1 aromatic heterocycles. The van der Waals surface area contributed by atoms with Crippen LogP contribution in [0.1, 0.15) is 19.4 Å². The first kappa shape index (κ1) is 16.5. The third-order valence-corrected chi connectivity index (χ3v) is 3.04. The van der Waals surface area contributed by atoms with Crippen LogP contribution >= 0.6 is 15.9 Å². The van der Waals surface area contributed by atoms with Crippen LogP contribution in [-0.4, -0.2) is 16.1 Å². The van der Waals surface area contributed by atoms with Crippen molar-refractivity contribution in [1.82, 2.24) is 9.97 Å². The van der Waals surface area contributed by atoms with E-state index in [1.165, 1.54) is 0 Å². The first-order chi connectivity index (χ1) is 10.3. The van der Waals surface area contributed by atoms with Crippen molar-refractivity contribution in [3.8, 4) is 5.88 Å². The molecule has 2 rings (SSSR count). The molecule has 2 aromatic rings. The van der Waals surface area contributed by atoms with Crippen LogP contribution in [0.4, 0.5) is 24.8 Å². The van der Waals surface area contributed by atoms with Crippen LogP contribution in [-0.2, 0) is 6.18 Å². The zero-order chi connectivity index (χ0) is 16.3. The number of nitrogens with zero attached hydrogens (tertiary/aromatic N) is 2. The summed E-state index contributed by atoms with van der Waals surface area (Å²) in [6.07, 6.45) is -4.29. The molecule has 0 unspecified atom stereocenters. The Hall–Kier alpha value is -1.83. The molecule has 4 nitrogen and oxygen atoms in total. The van der Waals surface area contributed by atoms with Crippen molar-refractivity contribution in [2.75, 3.05) is 5.32 Å². The van der Waals surface area contributed by atoms with E-state index < -0.39 is 23.7 Å². The second kappa shape index (κ2) is 6.51. The highest BCUT2D eigenvalue weighted by molar-refractivity contribution is 9.10. The number of benzene rings is 1. The number of halogens is 4. The fraction of sp³-hybridized carbons (Fsp3) is 0.286. The summed E-state index contributed by atoms with van der Waals surface area (Å²) in [7, 11) is 0. The number of hydrogen-bond acceptors (Lipinski definition) is 4. The molecule has 1 N–H and O–H groups in total. The Bertz CT molecular complexity index is 645. The van der Waals surface area contributed by atoms with Crippen molar-refractivity contribution in [2.24, 2.45) is 0 Å². The molecule has 118 valence electrons. The Kier molecular flexibility index (Phi) is 4.90. The van der Waals surface area contributed by atoms with Gasteiger partial charge in [-0.15, -0.1) is 0 Å². The number of anilines is 2. The zero-order valence-corrected chi connectivity index (χ0v) is 13.4. The molecule has 0 radical (unpaired) electrons. The zero-order valence-electron chi connectivity index (χ0n) is 11.8. The van der Waals surface area contributed by atoms with Crippen LogP contribution < -0.4 is 10.1 Å². The van der Waals surface area contributed by atoms with E-state index in [0.29, 0.717) is 11.9 Å². The molecule has 0 bridgehead atoms. The standard InChI is InChI=1S/C14H13BrF3N3O/c1-8(2)22-12-11(14(16,17)18)7-19-13(21-12)20-10-5-3-9(15)4-6-10/h3-8H,1-2H3,(H,19,20,21). The fourth-order valence-electron chi connectivity index (χ4n) is 1.60. The SMILES string of the molecule is CC(C)Oc1nc(Nc2ccc(Br)cc2)ncc1C(F)(F)F. The molecule has 0 aliphatic carbocycles. The molecule has 0 amide bonds. The molecule has 0 aliphatic rings. The van der Waals surface area contributed by atoms with E-state index in [4.69, 9.17) is 4.74 Å². The van der Waals surface area contributed by atoms with Gasteiger partial charge < -0.3 is 10.1 Å². The first-order valence-electron chi connectivity index (χ1n) is 6.39. The minimum Gasteiger partial charge on any atom is -0.474 e. The minimum atomic E-state index is -4.57. The Morgan fingerprint density at radius 1 is 1.18 bits per heavy atom. The Labute approximate surface area is 133 Å². The molecule has 0 aliphatic heterocycles. The van der Waals surface area contributed by atoms with Gasteiger partial charge in [0.2, 0.25) is 11.8 Å². The van der Waals surface area contributed by atoms with Gasteiger partial charge in [0.1, 0.15) is 5.56 Å². The quantitative estimate of drug-likeness (QED) is 0.834. The van der Waals surface area contributed by atoms with Crippen molar-refractivity contribution in [3.63, 3.8) is 0 Å². The molecule has 22 heavy (non-hydrogen) atoms. The van der Waals surface area contributed by atoms with E-state index in [9.17, 15) is 13.2 Å². The van der Waals surface area contributed by atoms with Crippen molar-refractivity contribution < 1.29 is 17.9 Å². The van der Waals surface area contributed by atoms with E-state index in [1.807, 2.05) is 0 Å². The van der Waals surface area contributed by atoms with E-state index >= 15 is 0 Å². The van der Waals surface area contributed by atoms with Crippen LogP contribution in [0.15, 0.2) is 34.9 Å². The molecular weight excluding hydrogens is 363 g/mol.